The minimum Gasteiger partial charge on any atom is -0.364 e. The second kappa shape index (κ2) is 6.30. The molecule has 1 saturated heterocycles. The number of pyridine rings is 1. The maximum absolute atomic E-state index is 11.1. The van der Waals surface area contributed by atoms with Gasteiger partial charge in [0.2, 0.25) is 5.82 Å². The van der Waals surface area contributed by atoms with Crippen LogP contribution in [0.25, 0.3) is 0 Å². The molecule has 2 rings (SSSR count). The molecule has 20 heavy (non-hydrogen) atoms. The molecule has 2 heterocycles. The summed E-state index contributed by atoms with van der Waals surface area (Å²) in [5.74, 6) is 0.628. The first-order chi connectivity index (χ1) is 9.61. The number of piperidine rings is 1. The number of nitrogens with one attached hydrogen (secondary N) is 1. The lowest BCUT2D eigenvalue weighted by Gasteiger charge is -2.29. The Kier molecular flexibility index (Phi) is 4.48. The fraction of sp³-hybridized carbons (Fsp3) is 0.538. The fourth-order valence-electron chi connectivity index (χ4n) is 2.54. The van der Waals surface area contributed by atoms with Gasteiger partial charge in [-0.1, -0.05) is 0 Å². The lowest BCUT2D eigenvalue weighted by molar-refractivity contribution is -0.384. The number of nitro groups is 1. The summed E-state index contributed by atoms with van der Waals surface area (Å²) < 4.78 is 0. The third kappa shape index (κ3) is 3.22. The van der Waals surface area contributed by atoms with E-state index in [0.29, 0.717) is 12.5 Å². The molecule has 1 N–H and O–H groups in total. The van der Waals surface area contributed by atoms with Crippen LogP contribution >= 0.6 is 0 Å². The summed E-state index contributed by atoms with van der Waals surface area (Å²) in [6, 6.07) is 3.19. The molecule has 1 aromatic heterocycles. The molecule has 1 fully saturated rings. The van der Waals surface area contributed by atoms with Crippen LogP contribution in [-0.2, 0) is 0 Å². The predicted octanol–water partition coefficient (Wildman–Crippen LogP) is 1.62. The SMILES string of the molecule is CN1CCCC(CNc2nccc(C#N)c2[N+](=O)[O-])C1. The number of anilines is 1. The van der Waals surface area contributed by atoms with Crippen molar-refractivity contribution in [3.05, 3.63) is 27.9 Å². The number of likely N-dealkylation sites (tertiary alicyclic amines) is 1. The van der Waals surface area contributed by atoms with Crippen LogP contribution in [0.1, 0.15) is 18.4 Å². The second-order valence-corrected chi connectivity index (χ2v) is 5.08. The Labute approximate surface area is 117 Å². The van der Waals surface area contributed by atoms with Crippen LogP contribution in [0.5, 0.6) is 0 Å². The third-order valence-corrected chi connectivity index (χ3v) is 3.51. The first-order valence-corrected chi connectivity index (χ1v) is 6.57. The Hall–Kier alpha value is -2.20. The van der Waals surface area contributed by atoms with Crippen molar-refractivity contribution in [3.63, 3.8) is 0 Å². The van der Waals surface area contributed by atoms with Gasteiger partial charge in [-0.05, 0) is 38.4 Å². The number of nitrogens with zero attached hydrogens (tertiary/aromatic N) is 4. The highest BCUT2D eigenvalue weighted by molar-refractivity contribution is 5.64. The zero-order valence-corrected chi connectivity index (χ0v) is 11.4. The molecule has 1 aliphatic heterocycles. The molecular formula is C13H17N5O2. The molecule has 1 unspecified atom stereocenters. The van der Waals surface area contributed by atoms with Crippen LogP contribution in [0, 0.1) is 27.4 Å². The number of hydrogen-bond acceptors (Lipinski definition) is 6. The van der Waals surface area contributed by atoms with Crippen molar-refractivity contribution in [2.24, 2.45) is 5.92 Å². The van der Waals surface area contributed by atoms with Gasteiger partial charge in [-0.15, -0.1) is 0 Å². The van der Waals surface area contributed by atoms with Gasteiger partial charge in [0.15, 0.2) is 0 Å². The van der Waals surface area contributed by atoms with E-state index in [0.717, 1.165) is 25.9 Å². The van der Waals surface area contributed by atoms with Gasteiger partial charge in [-0.25, -0.2) is 4.98 Å². The minimum atomic E-state index is -0.555. The average Bonchev–Trinajstić information content (AvgIpc) is 2.44. The van der Waals surface area contributed by atoms with Gasteiger partial charge >= 0.3 is 5.69 Å². The molecule has 0 bridgehead atoms. The summed E-state index contributed by atoms with van der Waals surface area (Å²) in [7, 11) is 2.07. The summed E-state index contributed by atoms with van der Waals surface area (Å²) in [5, 5.41) is 23.0. The van der Waals surface area contributed by atoms with Gasteiger partial charge in [-0.3, -0.25) is 10.1 Å². The zero-order chi connectivity index (χ0) is 14.5. The van der Waals surface area contributed by atoms with E-state index in [9.17, 15) is 10.1 Å². The molecule has 0 aliphatic carbocycles. The van der Waals surface area contributed by atoms with E-state index in [-0.39, 0.29) is 17.1 Å². The normalized spacial score (nSPS) is 19.3. The molecule has 0 spiro atoms. The van der Waals surface area contributed by atoms with Crippen LogP contribution < -0.4 is 5.32 Å². The van der Waals surface area contributed by atoms with E-state index >= 15 is 0 Å². The van der Waals surface area contributed by atoms with Crippen LogP contribution in [0.15, 0.2) is 12.3 Å². The Balaban J connectivity index is 2.09. The van der Waals surface area contributed by atoms with Gasteiger partial charge in [0.25, 0.3) is 0 Å². The van der Waals surface area contributed by atoms with Crippen molar-refractivity contribution in [2.45, 2.75) is 12.8 Å². The molecule has 106 valence electrons. The molecule has 0 saturated carbocycles. The van der Waals surface area contributed by atoms with Crippen molar-refractivity contribution < 1.29 is 4.92 Å². The lowest BCUT2D eigenvalue weighted by Crippen LogP contribution is -2.35. The lowest BCUT2D eigenvalue weighted by atomic mass is 9.98. The summed E-state index contributed by atoms with van der Waals surface area (Å²) in [5.41, 5.74) is -0.201. The first-order valence-electron chi connectivity index (χ1n) is 6.57. The highest BCUT2D eigenvalue weighted by Crippen LogP contribution is 2.26. The van der Waals surface area contributed by atoms with Gasteiger partial charge in [0.05, 0.1) is 4.92 Å². The monoisotopic (exact) mass is 275 g/mol. The molecule has 7 nitrogen and oxygen atoms in total. The number of nitriles is 1. The summed E-state index contributed by atoms with van der Waals surface area (Å²) in [4.78, 5) is 16.8. The van der Waals surface area contributed by atoms with Gasteiger partial charge < -0.3 is 10.2 Å². The topological polar surface area (TPSA) is 95.1 Å². The van der Waals surface area contributed by atoms with Crippen molar-refractivity contribution in [3.8, 4) is 6.07 Å². The smallest absolute Gasteiger partial charge is 0.328 e. The van der Waals surface area contributed by atoms with Crippen molar-refractivity contribution in [1.29, 1.82) is 5.26 Å². The number of hydrogen-bond donors (Lipinski definition) is 1. The van der Waals surface area contributed by atoms with Crippen molar-refractivity contribution >= 4 is 11.5 Å². The van der Waals surface area contributed by atoms with Gasteiger partial charge in [0.1, 0.15) is 11.6 Å². The predicted molar refractivity (Wildman–Crippen MR) is 74.3 cm³/mol. The molecular weight excluding hydrogens is 258 g/mol. The largest absolute Gasteiger partial charge is 0.364 e. The van der Waals surface area contributed by atoms with E-state index in [1.165, 1.54) is 12.3 Å². The molecule has 7 heteroatoms. The summed E-state index contributed by atoms with van der Waals surface area (Å²) in [6.07, 6.45) is 3.65. The van der Waals surface area contributed by atoms with Crippen molar-refractivity contribution in [2.75, 3.05) is 32.0 Å². The molecule has 1 aliphatic rings. The Morgan fingerprint density at radius 3 is 3.15 bits per heavy atom. The maximum atomic E-state index is 11.1. The van der Waals surface area contributed by atoms with E-state index in [1.54, 1.807) is 0 Å². The third-order valence-electron chi connectivity index (χ3n) is 3.51. The average molecular weight is 275 g/mol. The quantitative estimate of drug-likeness (QED) is 0.662. The molecule has 0 amide bonds. The summed E-state index contributed by atoms with van der Waals surface area (Å²) >= 11 is 0. The standard InChI is InChI=1S/C13H17N5O2/c1-17-6-2-3-10(9-17)8-16-13-12(18(19)20)11(7-14)4-5-15-13/h4-5,10H,2-3,6,8-9H2,1H3,(H,15,16). The Morgan fingerprint density at radius 1 is 1.70 bits per heavy atom. The van der Waals surface area contributed by atoms with E-state index in [1.807, 2.05) is 6.07 Å². The van der Waals surface area contributed by atoms with E-state index < -0.39 is 4.92 Å². The second-order valence-electron chi connectivity index (χ2n) is 5.08. The highest BCUT2D eigenvalue weighted by Gasteiger charge is 2.23. The molecule has 0 radical (unpaired) electrons. The zero-order valence-electron chi connectivity index (χ0n) is 11.4. The molecule has 1 aromatic rings. The van der Waals surface area contributed by atoms with Crippen LogP contribution in [0.3, 0.4) is 0 Å². The number of rotatable bonds is 4. The van der Waals surface area contributed by atoms with Gasteiger partial charge in [0, 0.05) is 19.3 Å². The van der Waals surface area contributed by atoms with E-state index in [4.69, 9.17) is 5.26 Å². The van der Waals surface area contributed by atoms with Crippen LogP contribution in [0.2, 0.25) is 0 Å². The van der Waals surface area contributed by atoms with Crippen molar-refractivity contribution in [1.82, 2.24) is 9.88 Å². The Bertz CT molecular complexity index is 540. The summed E-state index contributed by atoms with van der Waals surface area (Å²) in [6.45, 7) is 2.70. The Morgan fingerprint density at radius 2 is 2.50 bits per heavy atom. The van der Waals surface area contributed by atoms with E-state index in [2.05, 4.69) is 22.2 Å². The minimum absolute atomic E-state index is 0.0354. The molecule has 0 aromatic carbocycles. The van der Waals surface area contributed by atoms with Gasteiger partial charge in [-0.2, -0.15) is 5.26 Å². The van der Waals surface area contributed by atoms with Crippen LogP contribution in [-0.4, -0.2) is 41.5 Å². The fourth-order valence-corrected chi connectivity index (χ4v) is 2.54. The van der Waals surface area contributed by atoms with Crippen LogP contribution in [0.4, 0.5) is 11.5 Å². The maximum Gasteiger partial charge on any atom is 0.328 e. The number of aromatic nitrogens is 1. The first kappa shape index (κ1) is 14.2. The highest BCUT2D eigenvalue weighted by atomic mass is 16.6. The molecule has 1 atom stereocenters.